The molecule has 0 fully saturated rings. The maximum Gasteiger partial charge on any atom is 0.150 e. The number of rotatable bonds is 2. The minimum absolute atomic E-state index is 0.242. The SMILES string of the molecule is Cc1cc(-c2ccccc2C=O)c(F)cc1F. The van der Waals surface area contributed by atoms with E-state index >= 15 is 0 Å². The van der Waals surface area contributed by atoms with E-state index in [9.17, 15) is 13.6 Å². The van der Waals surface area contributed by atoms with Crippen LogP contribution >= 0.6 is 0 Å². The molecule has 0 aromatic heterocycles. The van der Waals surface area contributed by atoms with Crippen molar-refractivity contribution in [2.24, 2.45) is 0 Å². The van der Waals surface area contributed by atoms with Crippen molar-refractivity contribution in [2.45, 2.75) is 6.92 Å². The van der Waals surface area contributed by atoms with E-state index in [1.807, 2.05) is 0 Å². The van der Waals surface area contributed by atoms with Crippen LogP contribution < -0.4 is 0 Å². The lowest BCUT2D eigenvalue weighted by Gasteiger charge is -2.08. The Morgan fingerprint density at radius 2 is 1.71 bits per heavy atom. The van der Waals surface area contributed by atoms with Gasteiger partial charge < -0.3 is 0 Å². The van der Waals surface area contributed by atoms with E-state index in [1.54, 1.807) is 31.2 Å². The number of hydrogen-bond acceptors (Lipinski definition) is 1. The van der Waals surface area contributed by atoms with Crippen LogP contribution in [0.15, 0.2) is 36.4 Å². The fourth-order valence-electron chi connectivity index (χ4n) is 1.71. The highest BCUT2D eigenvalue weighted by atomic mass is 19.1. The molecule has 0 aliphatic heterocycles. The second-order valence-electron chi connectivity index (χ2n) is 3.79. The minimum atomic E-state index is -0.664. The predicted octanol–water partition coefficient (Wildman–Crippen LogP) is 3.75. The molecule has 0 bridgehead atoms. The summed E-state index contributed by atoms with van der Waals surface area (Å²) in [5, 5.41) is 0. The molecule has 17 heavy (non-hydrogen) atoms. The number of aryl methyl sites for hydroxylation is 1. The Kier molecular flexibility index (Phi) is 3.00. The number of halogens is 2. The fourth-order valence-corrected chi connectivity index (χ4v) is 1.71. The highest BCUT2D eigenvalue weighted by molar-refractivity contribution is 5.87. The van der Waals surface area contributed by atoms with Gasteiger partial charge in [0.05, 0.1) is 0 Å². The molecule has 0 amide bonds. The Hall–Kier alpha value is -2.03. The second-order valence-corrected chi connectivity index (χ2v) is 3.79. The van der Waals surface area contributed by atoms with E-state index in [4.69, 9.17) is 0 Å². The van der Waals surface area contributed by atoms with Crippen molar-refractivity contribution < 1.29 is 13.6 Å². The highest BCUT2D eigenvalue weighted by Gasteiger charge is 2.11. The molecule has 0 saturated heterocycles. The molecular weight excluding hydrogens is 222 g/mol. The van der Waals surface area contributed by atoms with Crippen LogP contribution in [-0.2, 0) is 0 Å². The fraction of sp³-hybridized carbons (Fsp3) is 0.0714. The van der Waals surface area contributed by atoms with Crippen LogP contribution in [0.2, 0.25) is 0 Å². The van der Waals surface area contributed by atoms with Gasteiger partial charge in [0, 0.05) is 17.2 Å². The quantitative estimate of drug-likeness (QED) is 0.720. The summed E-state index contributed by atoms with van der Waals surface area (Å²) in [4.78, 5) is 10.9. The summed E-state index contributed by atoms with van der Waals surface area (Å²) in [5.74, 6) is -1.25. The third-order valence-corrected chi connectivity index (χ3v) is 2.63. The zero-order valence-electron chi connectivity index (χ0n) is 9.21. The minimum Gasteiger partial charge on any atom is -0.298 e. The molecule has 3 heteroatoms. The van der Waals surface area contributed by atoms with Gasteiger partial charge in [-0.15, -0.1) is 0 Å². The first-order valence-corrected chi connectivity index (χ1v) is 5.13. The summed E-state index contributed by atoms with van der Waals surface area (Å²) < 4.78 is 26.8. The summed E-state index contributed by atoms with van der Waals surface area (Å²) in [7, 11) is 0. The van der Waals surface area contributed by atoms with Crippen LogP contribution in [0.25, 0.3) is 11.1 Å². The van der Waals surface area contributed by atoms with Crippen molar-refractivity contribution in [1.82, 2.24) is 0 Å². The Morgan fingerprint density at radius 1 is 1.00 bits per heavy atom. The topological polar surface area (TPSA) is 17.1 Å². The van der Waals surface area contributed by atoms with Gasteiger partial charge in [-0.1, -0.05) is 24.3 Å². The third kappa shape index (κ3) is 2.09. The molecule has 2 rings (SSSR count). The molecule has 0 aliphatic carbocycles. The van der Waals surface area contributed by atoms with E-state index in [2.05, 4.69) is 0 Å². The first-order valence-electron chi connectivity index (χ1n) is 5.13. The van der Waals surface area contributed by atoms with Gasteiger partial charge in [0.15, 0.2) is 6.29 Å². The highest BCUT2D eigenvalue weighted by Crippen LogP contribution is 2.27. The molecule has 86 valence electrons. The standard InChI is InChI=1S/C14H10F2O/c1-9-6-12(14(16)7-13(9)15)11-5-3-2-4-10(11)8-17/h2-8H,1H3. The lowest BCUT2D eigenvalue weighted by molar-refractivity contribution is 0.112. The molecule has 0 spiro atoms. The average molecular weight is 232 g/mol. The van der Waals surface area contributed by atoms with Gasteiger partial charge in [0.2, 0.25) is 0 Å². The van der Waals surface area contributed by atoms with E-state index in [1.165, 1.54) is 6.07 Å². The van der Waals surface area contributed by atoms with Crippen molar-refractivity contribution in [1.29, 1.82) is 0 Å². The maximum absolute atomic E-state index is 13.7. The molecule has 0 radical (unpaired) electrons. The number of aldehydes is 1. The first-order chi connectivity index (χ1) is 8.13. The number of carbonyl (C=O) groups is 1. The first kappa shape index (κ1) is 11.5. The number of benzene rings is 2. The molecule has 2 aromatic carbocycles. The normalized spacial score (nSPS) is 10.3. The van der Waals surface area contributed by atoms with Gasteiger partial charge in [-0.2, -0.15) is 0 Å². The van der Waals surface area contributed by atoms with Gasteiger partial charge in [-0.3, -0.25) is 4.79 Å². The van der Waals surface area contributed by atoms with Crippen LogP contribution in [0.1, 0.15) is 15.9 Å². The van der Waals surface area contributed by atoms with E-state index < -0.39 is 11.6 Å². The number of carbonyl (C=O) groups excluding carboxylic acids is 1. The van der Waals surface area contributed by atoms with Gasteiger partial charge >= 0.3 is 0 Å². The lowest BCUT2D eigenvalue weighted by atomic mass is 9.98. The molecule has 0 aliphatic rings. The van der Waals surface area contributed by atoms with Crippen molar-refractivity contribution in [3.63, 3.8) is 0 Å². The Balaban J connectivity index is 2.68. The van der Waals surface area contributed by atoms with Gasteiger partial charge in [0.25, 0.3) is 0 Å². The monoisotopic (exact) mass is 232 g/mol. The smallest absolute Gasteiger partial charge is 0.150 e. The van der Waals surface area contributed by atoms with Crippen molar-refractivity contribution in [2.75, 3.05) is 0 Å². The van der Waals surface area contributed by atoms with Crippen molar-refractivity contribution in [3.8, 4) is 11.1 Å². The lowest BCUT2D eigenvalue weighted by Crippen LogP contribution is -1.93. The molecule has 0 unspecified atom stereocenters. The van der Waals surface area contributed by atoms with Gasteiger partial charge in [-0.05, 0) is 24.1 Å². The second kappa shape index (κ2) is 4.45. The van der Waals surface area contributed by atoms with E-state index in [0.29, 0.717) is 23.0 Å². The summed E-state index contributed by atoms with van der Waals surface area (Å²) >= 11 is 0. The van der Waals surface area contributed by atoms with Crippen molar-refractivity contribution in [3.05, 3.63) is 59.2 Å². The zero-order valence-corrected chi connectivity index (χ0v) is 9.21. The zero-order chi connectivity index (χ0) is 12.4. The molecule has 0 saturated carbocycles. The van der Waals surface area contributed by atoms with Crippen LogP contribution in [-0.4, -0.2) is 6.29 Å². The summed E-state index contributed by atoms with van der Waals surface area (Å²) in [6.07, 6.45) is 0.660. The average Bonchev–Trinajstić information content (AvgIpc) is 2.34. The largest absolute Gasteiger partial charge is 0.298 e. The van der Waals surface area contributed by atoms with Crippen LogP contribution in [0.3, 0.4) is 0 Å². The van der Waals surface area contributed by atoms with E-state index in [-0.39, 0.29) is 5.56 Å². The molecule has 0 atom stereocenters. The third-order valence-electron chi connectivity index (χ3n) is 2.63. The molecule has 1 nitrogen and oxygen atoms in total. The number of hydrogen-bond donors (Lipinski definition) is 0. The Labute approximate surface area is 97.7 Å². The molecule has 2 aromatic rings. The van der Waals surface area contributed by atoms with Gasteiger partial charge in [0.1, 0.15) is 11.6 Å². The molecule has 0 heterocycles. The summed E-state index contributed by atoms with van der Waals surface area (Å²) in [5.41, 5.74) is 1.45. The summed E-state index contributed by atoms with van der Waals surface area (Å²) in [6.45, 7) is 1.56. The van der Waals surface area contributed by atoms with Crippen LogP contribution in [0.4, 0.5) is 8.78 Å². The Bertz CT molecular complexity index is 576. The summed E-state index contributed by atoms with van der Waals surface area (Å²) in [6, 6.07) is 8.89. The van der Waals surface area contributed by atoms with Gasteiger partial charge in [-0.25, -0.2) is 8.78 Å². The van der Waals surface area contributed by atoms with Crippen molar-refractivity contribution >= 4 is 6.29 Å². The maximum atomic E-state index is 13.7. The van der Waals surface area contributed by atoms with Crippen LogP contribution in [0, 0.1) is 18.6 Å². The predicted molar refractivity (Wildman–Crippen MR) is 61.9 cm³/mol. The van der Waals surface area contributed by atoms with E-state index in [0.717, 1.165) is 6.07 Å². The van der Waals surface area contributed by atoms with Crippen LogP contribution in [0.5, 0.6) is 0 Å². The molecule has 0 N–H and O–H groups in total. The molecular formula is C14H10F2O. The Morgan fingerprint density at radius 3 is 2.41 bits per heavy atom.